The zero-order chi connectivity index (χ0) is 15.0. The Kier molecular flexibility index (Phi) is 4.37. The molecule has 0 aliphatic rings. The number of aromatic nitrogens is 1. The smallest absolute Gasteiger partial charge is 0.238 e. The molecule has 0 bridgehead atoms. The number of pyridine rings is 1. The highest BCUT2D eigenvalue weighted by molar-refractivity contribution is 7.89. The molecular formula is C8H6ClF5N2O2S. The molecule has 2 N–H and O–H groups in total. The van der Waals surface area contributed by atoms with Crippen LogP contribution in [0, 0.1) is 0 Å². The molecule has 1 heterocycles. The first-order valence-corrected chi connectivity index (χ1v) is 6.54. The van der Waals surface area contributed by atoms with E-state index in [2.05, 4.69) is 10.1 Å². The number of nitrogens with zero attached hydrogens (tertiary/aromatic N) is 1. The van der Waals surface area contributed by atoms with Crippen molar-refractivity contribution in [3.63, 3.8) is 0 Å². The van der Waals surface area contributed by atoms with Crippen LogP contribution < -0.4 is 5.14 Å². The van der Waals surface area contributed by atoms with Crippen molar-refractivity contribution < 1.29 is 30.4 Å². The summed E-state index contributed by atoms with van der Waals surface area (Å²) in [6, 6.07) is -0.00484. The van der Waals surface area contributed by atoms with Crippen molar-refractivity contribution in [1.29, 1.82) is 0 Å². The molecule has 0 saturated heterocycles. The van der Waals surface area contributed by atoms with E-state index in [-0.39, 0.29) is 6.07 Å². The minimum atomic E-state index is -5.19. The molecule has 1 aromatic rings. The van der Waals surface area contributed by atoms with Gasteiger partial charge >= 0.3 is 6.18 Å². The minimum absolute atomic E-state index is 0.00484. The quantitative estimate of drug-likeness (QED) is 0.685. The number of rotatable bonds is 3. The summed E-state index contributed by atoms with van der Waals surface area (Å²) in [6.45, 7) is 0. The number of sulfonamides is 1. The molecule has 0 unspecified atom stereocenters. The molecule has 0 fully saturated rings. The molecule has 0 spiro atoms. The van der Waals surface area contributed by atoms with Gasteiger partial charge in [0, 0.05) is 5.56 Å². The minimum Gasteiger partial charge on any atom is -0.238 e. The molecule has 0 atom stereocenters. The molecule has 1 aromatic heterocycles. The highest BCUT2D eigenvalue weighted by Gasteiger charge is 2.39. The van der Waals surface area contributed by atoms with Gasteiger partial charge in [-0.05, 0) is 6.07 Å². The van der Waals surface area contributed by atoms with Gasteiger partial charge in [0.1, 0.15) is 0 Å². The summed E-state index contributed by atoms with van der Waals surface area (Å²) in [5, 5.41) is 3.06. The lowest BCUT2D eigenvalue weighted by Crippen LogP contribution is -2.22. The van der Waals surface area contributed by atoms with Crippen LogP contribution in [0.25, 0.3) is 0 Å². The van der Waals surface area contributed by atoms with E-state index < -0.39 is 50.4 Å². The van der Waals surface area contributed by atoms with E-state index in [9.17, 15) is 30.4 Å². The van der Waals surface area contributed by atoms with Crippen molar-refractivity contribution in [2.24, 2.45) is 5.14 Å². The summed E-state index contributed by atoms with van der Waals surface area (Å²) in [4.78, 5) is 3.01. The second-order valence-corrected chi connectivity index (χ2v) is 5.10. The third-order valence-corrected chi connectivity index (χ3v) is 3.14. The molecule has 0 radical (unpaired) electrons. The fourth-order valence-electron chi connectivity index (χ4n) is 1.26. The second kappa shape index (κ2) is 5.17. The van der Waals surface area contributed by atoms with Crippen LogP contribution in [0.15, 0.2) is 11.1 Å². The average Bonchev–Trinajstić information content (AvgIpc) is 2.24. The summed E-state index contributed by atoms with van der Waals surface area (Å²) in [5.74, 6) is -0.680. The standard InChI is InChI=1S/C8H6ClF5N2O2S/c9-2-5-3(6(10)11)1-4(8(12,13)14)7(16-5)19(15,17)18/h1,6H,2H2,(H2,15,17,18). The zero-order valence-corrected chi connectivity index (χ0v) is 10.5. The number of halogens is 6. The molecule has 0 saturated carbocycles. The van der Waals surface area contributed by atoms with Gasteiger partial charge in [-0.2, -0.15) is 13.2 Å². The van der Waals surface area contributed by atoms with E-state index in [1.807, 2.05) is 0 Å². The van der Waals surface area contributed by atoms with Crippen molar-refractivity contribution in [2.75, 3.05) is 0 Å². The molecule has 108 valence electrons. The van der Waals surface area contributed by atoms with Crippen LogP contribution in [0.2, 0.25) is 0 Å². The fourth-order valence-corrected chi connectivity index (χ4v) is 2.20. The number of hydrogen-bond donors (Lipinski definition) is 1. The molecule has 19 heavy (non-hydrogen) atoms. The maximum atomic E-state index is 12.6. The predicted octanol–water partition coefficient (Wildman–Crippen LogP) is 2.42. The van der Waals surface area contributed by atoms with E-state index in [1.165, 1.54) is 0 Å². The first kappa shape index (κ1) is 16.1. The number of alkyl halides is 6. The first-order valence-electron chi connectivity index (χ1n) is 4.46. The van der Waals surface area contributed by atoms with Crippen molar-refractivity contribution in [1.82, 2.24) is 4.98 Å². The topological polar surface area (TPSA) is 73.1 Å². The molecule has 0 aromatic carbocycles. The first-order chi connectivity index (χ1) is 8.48. The Hall–Kier alpha value is -1.00. The lowest BCUT2D eigenvalue weighted by atomic mass is 10.1. The van der Waals surface area contributed by atoms with Crippen LogP contribution in [0.4, 0.5) is 22.0 Å². The van der Waals surface area contributed by atoms with Gasteiger partial charge in [0.25, 0.3) is 16.4 Å². The van der Waals surface area contributed by atoms with Crippen LogP contribution in [0.1, 0.15) is 23.2 Å². The third-order valence-electron chi connectivity index (χ3n) is 2.04. The van der Waals surface area contributed by atoms with Gasteiger partial charge in [-0.15, -0.1) is 11.6 Å². The molecule has 0 aliphatic heterocycles. The predicted molar refractivity (Wildman–Crippen MR) is 55.1 cm³/mol. The molecule has 0 aliphatic carbocycles. The van der Waals surface area contributed by atoms with Crippen molar-refractivity contribution in [3.05, 3.63) is 22.9 Å². The highest BCUT2D eigenvalue weighted by atomic mass is 35.5. The Labute approximate surface area is 109 Å². The lowest BCUT2D eigenvalue weighted by molar-refractivity contribution is -0.140. The number of hydrogen-bond acceptors (Lipinski definition) is 3. The van der Waals surface area contributed by atoms with Gasteiger partial charge in [0.05, 0.1) is 17.1 Å². The van der Waals surface area contributed by atoms with E-state index in [1.54, 1.807) is 0 Å². The second-order valence-electron chi connectivity index (χ2n) is 3.35. The van der Waals surface area contributed by atoms with Crippen LogP contribution in [-0.2, 0) is 22.1 Å². The maximum Gasteiger partial charge on any atom is 0.419 e. The molecule has 11 heteroatoms. The number of primary sulfonamides is 1. The van der Waals surface area contributed by atoms with Crippen LogP contribution in [0.3, 0.4) is 0 Å². The Balaban J connectivity index is 3.73. The summed E-state index contributed by atoms with van der Waals surface area (Å²) >= 11 is 5.25. The van der Waals surface area contributed by atoms with Crippen LogP contribution in [0.5, 0.6) is 0 Å². The zero-order valence-electron chi connectivity index (χ0n) is 8.88. The van der Waals surface area contributed by atoms with Gasteiger partial charge in [-0.25, -0.2) is 27.3 Å². The van der Waals surface area contributed by atoms with E-state index in [4.69, 9.17) is 11.6 Å². The number of nitrogens with two attached hydrogens (primary N) is 1. The normalized spacial score (nSPS) is 13.1. The van der Waals surface area contributed by atoms with Gasteiger partial charge in [-0.1, -0.05) is 0 Å². The fraction of sp³-hybridized carbons (Fsp3) is 0.375. The van der Waals surface area contributed by atoms with Gasteiger partial charge in [0.2, 0.25) is 0 Å². The Morgan fingerprint density at radius 3 is 2.21 bits per heavy atom. The van der Waals surface area contributed by atoms with E-state index in [0.717, 1.165) is 0 Å². The summed E-state index contributed by atoms with van der Waals surface area (Å²) in [6.07, 6.45) is -8.47. The molecular weight excluding hydrogens is 319 g/mol. The maximum absolute atomic E-state index is 12.6. The Bertz CT molecular complexity index is 588. The van der Waals surface area contributed by atoms with Crippen LogP contribution in [-0.4, -0.2) is 13.4 Å². The highest BCUT2D eigenvalue weighted by Crippen LogP contribution is 2.36. The largest absolute Gasteiger partial charge is 0.419 e. The molecule has 0 amide bonds. The Morgan fingerprint density at radius 1 is 1.37 bits per heavy atom. The van der Waals surface area contributed by atoms with Gasteiger partial charge in [-0.3, -0.25) is 0 Å². The van der Waals surface area contributed by atoms with Crippen LogP contribution >= 0.6 is 11.6 Å². The summed E-state index contributed by atoms with van der Waals surface area (Å²) in [5.41, 5.74) is -3.61. The van der Waals surface area contributed by atoms with E-state index in [0.29, 0.717) is 0 Å². The van der Waals surface area contributed by atoms with Gasteiger partial charge in [0.15, 0.2) is 5.03 Å². The SMILES string of the molecule is NS(=O)(=O)c1nc(CCl)c(C(F)F)cc1C(F)(F)F. The van der Waals surface area contributed by atoms with Crippen molar-refractivity contribution >= 4 is 21.6 Å². The van der Waals surface area contributed by atoms with Gasteiger partial charge < -0.3 is 0 Å². The van der Waals surface area contributed by atoms with E-state index >= 15 is 0 Å². The summed E-state index contributed by atoms with van der Waals surface area (Å²) < 4.78 is 85.1. The molecule has 1 rings (SSSR count). The third kappa shape index (κ3) is 3.51. The van der Waals surface area contributed by atoms with Crippen molar-refractivity contribution in [2.45, 2.75) is 23.5 Å². The van der Waals surface area contributed by atoms with Crippen molar-refractivity contribution in [3.8, 4) is 0 Å². The summed E-state index contributed by atoms with van der Waals surface area (Å²) in [7, 11) is -4.83. The molecule has 4 nitrogen and oxygen atoms in total. The Morgan fingerprint density at radius 2 is 1.89 bits per heavy atom. The average molecular weight is 325 g/mol. The monoisotopic (exact) mass is 324 g/mol. The lowest BCUT2D eigenvalue weighted by Gasteiger charge is -2.14.